The van der Waals surface area contributed by atoms with Crippen molar-refractivity contribution in [3.63, 3.8) is 0 Å². The van der Waals surface area contributed by atoms with Crippen molar-refractivity contribution in [2.45, 2.75) is 12.3 Å². The van der Waals surface area contributed by atoms with Gasteiger partial charge in [-0.1, -0.05) is 24.3 Å². The van der Waals surface area contributed by atoms with Gasteiger partial charge in [0.15, 0.2) is 6.10 Å². The highest BCUT2D eigenvalue weighted by atomic mass is 19.4. The topological polar surface area (TPSA) is 20.2 Å². The molecule has 0 bridgehead atoms. The minimum atomic E-state index is -4.72. The van der Waals surface area contributed by atoms with Crippen LogP contribution in [0, 0.1) is 5.82 Å². The molecule has 1 atom stereocenters. The standard InChI is InChI=1S/C10H8F4O/c11-8-4-2-1-3-7(8)5-6-9(15)10(12,13)14/h1-6,9,15H/b6-5+. The van der Waals surface area contributed by atoms with Gasteiger partial charge in [-0.2, -0.15) is 13.2 Å². The summed E-state index contributed by atoms with van der Waals surface area (Å²) >= 11 is 0. The molecular weight excluding hydrogens is 212 g/mol. The summed E-state index contributed by atoms with van der Waals surface area (Å²) in [5, 5.41) is 8.60. The highest BCUT2D eigenvalue weighted by Crippen LogP contribution is 2.21. The van der Waals surface area contributed by atoms with E-state index in [4.69, 9.17) is 5.11 Å². The maximum Gasteiger partial charge on any atom is 0.417 e. The number of aliphatic hydroxyl groups is 1. The van der Waals surface area contributed by atoms with Crippen LogP contribution in [0.5, 0.6) is 0 Å². The lowest BCUT2D eigenvalue weighted by Gasteiger charge is -2.09. The third-order valence-corrected chi connectivity index (χ3v) is 1.70. The molecule has 0 aliphatic carbocycles. The van der Waals surface area contributed by atoms with Gasteiger partial charge in [0.05, 0.1) is 0 Å². The second-order valence-electron chi connectivity index (χ2n) is 2.87. The van der Waals surface area contributed by atoms with E-state index in [9.17, 15) is 17.6 Å². The first kappa shape index (κ1) is 11.7. The third-order valence-electron chi connectivity index (χ3n) is 1.70. The van der Waals surface area contributed by atoms with Crippen LogP contribution < -0.4 is 0 Å². The van der Waals surface area contributed by atoms with Crippen molar-refractivity contribution < 1.29 is 22.7 Å². The van der Waals surface area contributed by atoms with E-state index < -0.39 is 18.1 Å². The van der Waals surface area contributed by atoms with Gasteiger partial charge in [-0.05, 0) is 12.1 Å². The fourth-order valence-electron chi connectivity index (χ4n) is 0.914. The highest BCUT2D eigenvalue weighted by Gasteiger charge is 2.36. The van der Waals surface area contributed by atoms with Crippen LogP contribution >= 0.6 is 0 Å². The number of rotatable bonds is 2. The minimum absolute atomic E-state index is 0.000741. The number of benzene rings is 1. The molecule has 0 saturated heterocycles. The average Bonchev–Trinajstić information content (AvgIpc) is 2.14. The Morgan fingerprint density at radius 2 is 1.80 bits per heavy atom. The Kier molecular flexibility index (Phi) is 3.47. The van der Waals surface area contributed by atoms with Crippen LogP contribution in [-0.2, 0) is 0 Å². The Morgan fingerprint density at radius 1 is 1.20 bits per heavy atom. The number of alkyl halides is 3. The van der Waals surface area contributed by atoms with Crippen LogP contribution in [0.1, 0.15) is 5.56 Å². The zero-order valence-corrected chi connectivity index (χ0v) is 7.50. The van der Waals surface area contributed by atoms with Gasteiger partial charge in [-0.25, -0.2) is 4.39 Å². The summed E-state index contributed by atoms with van der Waals surface area (Å²) in [6.07, 6.45) is -5.90. The fraction of sp³-hybridized carbons (Fsp3) is 0.200. The van der Waals surface area contributed by atoms with Gasteiger partial charge in [-0.15, -0.1) is 0 Å². The summed E-state index contributed by atoms with van der Waals surface area (Å²) < 4.78 is 48.5. The molecule has 0 amide bonds. The van der Waals surface area contributed by atoms with Gasteiger partial charge in [0, 0.05) is 5.56 Å². The van der Waals surface area contributed by atoms with E-state index in [-0.39, 0.29) is 5.56 Å². The molecule has 5 heteroatoms. The molecule has 0 aromatic heterocycles. The van der Waals surface area contributed by atoms with Crippen molar-refractivity contribution in [3.8, 4) is 0 Å². The Hall–Kier alpha value is -1.36. The Bertz CT molecular complexity index is 357. The fourth-order valence-corrected chi connectivity index (χ4v) is 0.914. The van der Waals surface area contributed by atoms with Crippen LogP contribution in [0.15, 0.2) is 30.3 Å². The zero-order chi connectivity index (χ0) is 11.5. The number of hydrogen-bond acceptors (Lipinski definition) is 1. The molecule has 1 aromatic rings. The lowest BCUT2D eigenvalue weighted by Crippen LogP contribution is -2.25. The van der Waals surface area contributed by atoms with Gasteiger partial charge in [0.2, 0.25) is 0 Å². The SMILES string of the molecule is OC(/C=C/c1ccccc1F)C(F)(F)F. The largest absolute Gasteiger partial charge is 0.417 e. The molecule has 0 fully saturated rings. The molecule has 1 rings (SSSR count). The van der Waals surface area contributed by atoms with E-state index in [0.717, 1.165) is 12.1 Å². The lowest BCUT2D eigenvalue weighted by atomic mass is 10.2. The zero-order valence-electron chi connectivity index (χ0n) is 7.50. The van der Waals surface area contributed by atoms with Gasteiger partial charge in [0.25, 0.3) is 0 Å². The molecule has 0 aliphatic heterocycles. The molecule has 0 aliphatic rings. The van der Waals surface area contributed by atoms with Crippen molar-refractivity contribution in [1.82, 2.24) is 0 Å². The molecule has 0 spiro atoms. The molecule has 82 valence electrons. The number of halogens is 4. The number of aliphatic hydroxyl groups excluding tert-OH is 1. The normalized spacial score (nSPS) is 14.5. The van der Waals surface area contributed by atoms with Crippen LogP contribution in [0.3, 0.4) is 0 Å². The lowest BCUT2D eigenvalue weighted by molar-refractivity contribution is -0.187. The van der Waals surface area contributed by atoms with E-state index in [2.05, 4.69) is 0 Å². The van der Waals surface area contributed by atoms with Crippen LogP contribution in [-0.4, -0.2) is 17.4 Å². The molecule has 1 unspecified atom stereocenters. The third kappa shape index (κ3) is 3.36. The summed E-state index contributed by atoms with van der Waals surface area (Å²) in [4.78, 5) is 0. The summed E-state index contributed by atoms with van der Waals surface area (Å²) in [6, 6.07) is 5.35. The van der Waals surface area contributed by atoms with Crippen LogP contribution in [0.2, 0.25) is 0 Å². The van der Waals surface area contributed by atoms with Crippen molar-refractivity contribution in [1.29, 1.82) is 0 Å². The van der Waals surface area contributed by atoms with Crippen LogP contribution in [0.4, 0.5) is 17.6 Å². The first-order chi connectivity index (χ1) is 6.91. The van der Waals surface area contributed by atoms with Gasteiger partial charge >= 0.3 is 6.18 Å². The predicted octanol–water partition coefficient (Wildman–Crippen LogP) is 2.76. The first-order valence-corrected chi connectivity index (χ1v) is 4.09. The van der Waals surface area contributed by atoms with Crippen molar-refractivity contribution in [2.75, 3.05) is 0 Å². The Labute approximate surface area is 83.7 Å². The maximum absolute atomic E-state index is 12.9. The second kappa shape index (κ2) is 4.44. The molecule has 0 radical (unpaired) electrons. The van der Waals surface area contributed by atoms with E-state index >= 15 is 0 Å². The van der Waals surface area contributed by atoms with Gasteiger partial charge in [0.1, 0.15) is 5.82 Å². The van der Waals surface area contributed by atoms with Gasteiger partial charge in [-0.3, -0.25) is 0 Å². The van der Waals surface area contributed by atoms with Crippen LogP contribution in [0.25, 0.3) is 6.08 Å². The highest BCUT2D eigenvalue weighted by molar-refractivity contribution is 5.50. The molecule has 15 heavy (non-hydrogen) atoms. The van der Waals surface area contributed by atoms with E-state index in [1.54, 1.807) is 0 Å². The van der Waals surface area contributed by atoms with E-state index in [1.807, 2.05) is 0 Å². The van der Waals surface area contributed by atoms with Crippen molar-refractivity contribution in [3.05, 3.63) is 41.7 Å². The average molecular weight is 220 g/mol. The Morgan fingerprint density at radius 3 is 2.33 bits per heavy atom. The smallest absolute Gasteiger partial charge is 0.380 e. The minimum Gasteiger partial charge on any atom is -0.380 e. The van der Waals surface area contributed by atoms with Crippen molar-refractivity contribution >= 4 is 6.08 Å². The summed E-state index contributed by atoms with van der Waals surface area (Å²) in [6.45, 7) is 0. The van der Waals surface area contributed by atoms with E-state index in [1.165, 1.54) is 18.2 Å². The predicted molar refractivity (Wildman–Crippen MR) is 47.5 cm³/mol. The molecule has 1 nitrogen and oxygen atoms in total. The second-order valence-corrected chi connectivity index (χ2v) is 2.87. The number of hydrogen-bond donors (Lipinski definition) is 1. The summed E-state index contributed by atoms with van der Waals surface area (Å²) in [5.41, 5.74) is 0.000741. The molecule has 0 heterocycles. The van der Waals surface area contributed by atoms with Crippen molar-refractivity contribution in [2.24, 2.45) is 0 Å². The quantitative estimate of drug-likeness (QED) is 0.760. The first-order valence-electron chi connectivity index (χ1n) is 4.09. The van der Waals surface area contributed by atoms with E-state index in [0.29, 0.717) is 6.08 Å². The summed E-state index contributed by atoms with van der Waals surface area (Å²) in [7, 11) is 0. The maximum atomic E-state index is 12.9. The molecule has 0 saturated carbocycles. The molecular formula is C10H8F4O. The molecule has 1 aromatic carbocycles. The van der Waals surface area contributed by atoms with Gasteiger partial charge < -0.3 is 5.11 Å². The summed E-state index contributed by atoms with van der Waals surface area (Å²) in [5.74, 6) is -0.636. The monoisotopic (exact) mass is 220 g/mol. The molecule has 1 N–H and O–H groups in total. The Balaban J connectivity index is 2.79.